The molecule has 1 amide bonds. The van der Waals surface area contributed by atoms with Gasteiger partial charge in [0.05, 0.1) is 0 Å². The number of carbonyl (C=O) groups is 1. The molecule has 0 radical (unpaired) electrons. The molecule has 124 valence electrons. The standard InChI is InChI=1S/C16H32N2O3/c1-5-6-13-20-14-7-8-17-9-11-18(12-10-17)15(19)21-16(2,3)4/h5-14H2,1-4H3. The van der Waals surface area contributed by atoms with E-state index in [0.717, 1.165) is 58.8 Å². The molecule has 0 aromatic carbocycles. The van der Waals surface area contributed by atoms with E-state index in [2.05, 4.69) is 11.8 Å². The number of hydrogen-bond acceptors (Lipinski definition) is 4. The van der Waals surface area contributed by atoms with E-state index in [1.165, 1.54) is 6.42 Å². The van der Waals surface area contributed by atoms with Crippen molar-refractivity contribution in [3.63, 3.8) is 0 Å². The molecule has 0 bridgehead atoms. The van der Waals surface area contributed by atoms with Gasteiger partial charge >= 0.3 is 6.09 Å². The number of ether oxygens (including phenoxy) is 2. The van der Waals surface area contributed by atoms with E-state index < -0.39 is 5.60 Å². The van der Waals surface area contributed by atoms with Gasteiger partial charge in [-0.15, -0.1) is 0 Å². The van der Waals surface area contributed by atoms with Crippen molar-refractivity contribution in [1.82, 2.24) is 9.80 Å². The Morgan fingerprint density at radius 2 is 1.67 bits per heavy atom. The minimum atomic E-state index is -0.413. The molecule has 1 heterocycles. The molecule has 0 atom stereocenters. The van der Waals surface area contributed by atoms with Crippen LogP contribution in [0.2, 0.25) is 0 Å². The van der Waals surface area contributed by atoms with Crippen LogP contribution in [-0.2, 0) is 9.47 Å². The molecule has 1 rings (SSSR count). The summed E-state index contributed by atoms with van der Waals surface area (Å²) < 4.78 is 11.0. The number of hydrogen-bond donors (Lipinski definition) is 0. The van der Waals surface area contributed by atoms with Gasteiger partial charge in [-0.1, -0.05) is 13.3 Å². The van der Waals surface area contributed by atoms with Gasteiger partial charge in [-0.3, -0.25) is 4.90 Å². The zero-order chi connectivity index (χ0) is 15.7. The Morgan fingerprint density at radius 1 is 1.05 bits per heavy atom. The average Bonchev–Trinajstić information content (AvgIpc) is 2.41. The Hall–Kier alpha value is -0.810. The Bertz CT molecular complexity index is 294. The zero-order valence-corrected chi connectivity index (χ0v) is 14.2. The molecule has 0 N–H and O–H groups in total. The van der Waals surface area contributed by atoms with E-state index in [4.69, 9.17) is 9.47 Å². The summed E-state index contributed by atoms with van der Waals surface area (Å²) in [5, 5.41) is 0. The van der Waals surface area contributed by atoms with Gasteiger partial charge < -0.3 is 14.4 Å². The van der Waals surface area contributed by atoms with Crippen LogP contribution >= 0.6 is 0 Å². The first-order chi connectivity index (χ1) is 9.92. The minimum Gasteiger partial charge on any atom is -0.444 e. The SMILES string of the molecule is CCCCOCCCN1CCN(C(=O)OC(C)(C)C)CC1. The molecule has 5 heteroatoms. The molecule has 1 fully saturated rings. The maximum Gasteiger partial charge on any atom is 0.410 e. The minimum absolute atomic E-state index is 0.190. The first kappa shape index (κ1) is 18.2. The molecule has 1 aliphatic rings. The summed E-state index contributed by atoms with van der Waals surface area (Å²) in [6.45, 7) is 14.0. The molecular weight excluding hydrogens is 268 g/mol. The normalized spacial score (nSPS) is 17.0. The van der Waals surface area contributed by atoms with Crippen LogP contribution in [0, 0.1) is 0 Å². The van der Waals surface area contributed by atoms with Gasteiger partial charge in [0.15, 0.2) is 0 Å². The molecule has 0 saturated carbocycles. The number of carbonyl (C=O) groups excluding carboxylic acids is 1. The molecule has 0 spiro atoms. The third-order valence-electron chi connectivity index (χ3n) is 3.43. The highest BCUT2D eigenvalue weighted by Crippen LogP contribution is 2.11. The highest BCUT2D eigenvalue weighted by Gasteiger charge is 2.25. The summed E-state index contributed by atoms with van der Waals surface area (Å²) in [4.78, 5) is 16.1. The van der Waals surface area contributed by atoms with Crippen molar-refractivity contribution in [2.75, 3.05) is 45.9 Å². The smallest absolute Gasteiger partial charge is 0.410 e. The van der Waals surface area contributed by atoms with Gasteiger partial charge in [0.2, 0.25) is 0 Å². The first-order valence-electron chi connectivity index (χ1n) is 8.20. The van der Waals surface area contributed by atoms with E-state index in [1.54, 1.807) is 4.90 Å². The highest BCUT2D eigenvalue weighted by atomic mass is 16.6. The summed E-state index contributed by atoms with van der Waals surface area (Å²) in [5.41, 5.74) is -0.413. The Balaban J connectivity index is 2.10. The van der Waals surface area contributed by atoms with Gasteiger partial charge in [0.25, 0.3) is 0 Å². The van der Waals surface area contributed by atoms with Gasteiger partial charge in [-0.25, -0.2) is 4.79 Å². The highest BCUT2D eigenvalue weighted by molar-refractivity contribution is 5.68. The van der Waals surface area contributed by atoms with Crippen molar-refractivity contribution in [2.24, 2.45) is 0 Å². The van der Waals surface area contributed by atoms with E-state index in [-0.39, 0.29) is 6.09 Å². The third-order valence-corrected chi connectivity index (χ3v) is 3.43. The predicted molar refractivity (Wildman–Crippen MR) is 84.6 cm³/mol. The Labute approximate surface area is 129 Å². The summed E-state index contributed by atoms with van der Waals surface area (Å²) in [7, 11) is 0. The van der Waals surface area contributed by atoms with Crippen molar-refractivity contribution in [3.05, 3.63) is 0 Å². The fourth-order valence-electron chi connectivity index (χ4n) is 2.22. The lowest BCUT2D eigenvalue weighted by Crippen LogP contribution is -2.50. The van der Waals surface area contributed by atoms with E-state index >= 15 is 0 Å². The number of unbranched alkanes of at least 4 members (excludes halogenated alkanes) is 1. The summed E-state index contributed by atoms with van der Waals surface area (Å²) in [6.07, 6.45) is 3.21. The summed E-state index contributed by atoms with van der Waals surface area (Å²) in [6, 6.07) is 0. The summed E-state index contributed by atoms with van der Waals surface area (Å²) in [5.74, 6) is 0. The first-order valence-corrected chi connectivity index (χ1v) is 8.20. The van der Waals surface area contributed by atoms with Crippen LogP contribution in [0.4, 0.5) is 4.79 Å². The van der Waals surface area contributed by atoms with Gasteiger partial charge in [-0.05, 0) is 33.6 Å². The lowest BCUT2D eigenvalue weighted by atomic mass is 10.2. The van der Waals surface area contributed by atoms with Crippen molar-refractivity contribution in [3.8, 4) is 0 Å². The molecule has 5 nitrogen and oxygen atoms in total. The van der Waals surface area contributed by atoms with Crippen molar-refractivity contribution < 1.29 is 14.3 Å². The van der Waals surface area contributed by atoms with Gasteiger partial charge in [0.1, 0.15) is 5.60 Å². The number of amides is 1. The number of nitrogens with zero attached hydrogens (tertiary/aromatic N) is 2. The van der Waals surface area contributed by atoms with Crippen molar-refractivity contribution in [2.45, 2.75) is 52.6 Å². The zero-order valence-electron chi connectivity index (χ0n) is 14.2. The third kappa shape index (κ3) is 8.27. The lowest BCUT2D eigenvalue weighted by molar-refractivity contribution is 0.0136. The monoisotopic (exact) mass is 300 g/mol. The number of piperazine rings is 1. The lowest BCUT2D eigenvalue weighted by Gasteiger charge is -2.35. The van der Waals surface area contributed by atoms with Crippen molar-refractivity contribution >= 4 is 6.09 Å². The molecule has 1 aliphatic heterocycles. The van der Waals surface area contributed by atoms with E-state index in [9.17, 15) is 4.79 Å². The molecule has 0 unspecified atom stereocenters. The van der Waals surface area contributed by atoms with Crippen LogP contribution < -0.4 is 0 Å². The average molecular weight is 300 g/mol. The van der Waals surface area contributed by atoms with Crippen LogP contribution in [0.25, 0.3) is 0 Å². The fraction of sp³-hybridized carbons (Fsp3) is 0.938. The molecule has 0 aliphatic carbocycles. The second-order valence-electron chi connectivity index (χ2n) is 6.63. The second-order valence-corrected chi connectivity index (χ2v) is 6.63. The van der Waals surface area contributed by atoms with Crippen LogP contribution in [0.15, 0.2) is 0 Å². The molecule has 0 aromatic rings. The number of rotatable bonds is 7. The largest absolute Gasteiger partial charge is 0.444 e. The van der Waals surface area contributed by atoms with Crippen LogP contribution in [0.5, 0.6) is 0 Å². The molecule has 1 saturated heterocycles. The molecule has 21 heavy (non-hydrogen) atoms. The van der Waals surface area contributed by atoms with Gasteiger partial charge in [0, 0.05) is 45.9 Å². The quantitative estimate of drug-likeness (QED) is 0.678. The predicted octanol–water partition coefficient (Wildman–Crippen LogP) is 2.75. The van der Waals surface area contributed by atoms with Crippen LogP contribution in [0.3, 0.4) is 0 Å². The Kier molecular flexibility index (Phi) is 8.04. The summed E-state index contributed by atoms with van der Waals surface area (Å²) >= 11 is 0. The van der Waals surface area contributed by atoms with Crippen LogP contribution in [0.1, 0.15) is 47.0 Å². The Morgan fingerprint density at radius 3 is 2.24 bits per heavy atom. The topological polar surface area (TPSA) is 42.0 Å². The van der Waals surface area contributed by atoms with Gasteiger partial charge in [-0.2, -0.15) is 0 Å². The van der Waals surface area contributed by atoms with E-state index in [1.807, 2.05) is 20.8 Å². The molecule has 0 aromatic heterocycles. The second kappa shape index (κ2) is 9.26. The van der Waals surface area contributed by atoms with Crippen LogP contribution in [-0.4, -0.2) is 67.4 Å². The van der Waals surface area contributed by atoms with E-state index in [0.29, 0.717) is 0 Å². The maximum atomic E-state index is 11.9. The fourth-order valence-corrected chi connectivity index (χ4v) is 2.22. The van der Waals surface area contributed by atoms with Crippen molar-refractivity contribution in [1.29, 1.82) is 0 Å². The maximum absolute atomic E-state index is 11.9. The molecular formula is C16H32N2O3.